The first-order valence-electron chi connectivity index (χ1n) is 29.7. The Kier molecular flexibility index (Phi) is 14.2. The van der Waals surface area contributed by atoms with Crippen LogP contribution in [-0.4, -0.2) is 161 Å². The van der Waals surface area contributed by atoms with Gasteiger partial charge in [-0.15, -0.1) is 11.3 Å². The molecule has 4 aromatic rings. The number of hydrazine groups is 1. The number of thiazole rings is 1. The van der Waals surface area contributed by atoms with Gasteiger partial charge in [0.25, 0.3) is 11.8 Å². The van der Waals surface area contributed by atoms with Crippen LogP contribution in [0, 0.1) is 11.3 Å². The number of aromatic nitrogens is 3. The normalized spacial score (nSPS) is 31.3. The molecule has 2 N–H and O–H groups in total. The number of benzene rings is 1. The summed E-state index contributed by atoms with van der Waals surface area (Å²) in [7, 11) is 1.76. The van der Waals surface area contributed by atoms with E-state index in [0.717, 1.165) is 101 Å². The number of hydrogen-bond acceptors (Lipinski definition) is 15. The highest BCUT2D eigenvalue weighted by Gasteiger charge is 2.62. The molecular weight excluding hydrogens is 1020 g/mol. The summed E-state index contributed by atoms with van der Waals surface area (Å²) in [5.41, 5.74) is 9.43. The van der Waals surface area contributed by atoms with E-state index in [4.69, 9.17) is 38.4 Å². The lowest BCUT2D eigenvalue weighted by molar-refractivity contribution is -0.232. The van der Waals surface area contributed by atoms with Crippen LogP contribution >= 0.6 is 11.3 Å². The minimum Gasteiger partial charge on any atom is -0.464 e. The van der Waals surface area contributed by atoms with Gasteiger partial charge in [0.2, 0.25) is 0 Å². The van der Waals surface area contributed by atoms with Crippen molar-refractivity contribution in [2.75, 3.05) is 66.3 Å². The van der Waals surface area contributed by atoms with Crippen molar-refractivity contribution in [2.45, 2.75) is 190 Å². The molecule has 3 aromatic heterocycles. The average molecular weight is 1100 g/mol. The number of hydrogen-bond donors (Lipinski definition) is 2. The van der Waals surface area contributed by atoms with Gasteiger partial charge in [0, 0.05) is 97.8 Å². The molecule has 14 rings (SSSR count). The minimum atomic E-state index is -1.05. The monoisotopic (exact) mass is 1100 g/mol. The topological polar surface area (TPSA) is 171 Å². The van der Waals surface area contributed by atoms with Gasteiger partial charge in [-0.2, -0.15) is 0 Å². The Balaban J connectivity index is 0.948. The summed E-state index contributed by atoms with van der Waals surface area (Å²) in [4.78, 5) is 60.2. The van der Waals surface area contributed by atoms with Crippen LogP contribution in [0.3, 0.4) is 0 Å². The van der Waals surface area contributed by atoms with Gasteiger partial charge in [0.05, 0.1) is 72.5 Å². The van der Waals surface area contributed by atoms with E-state index in [-0.39, 0.29) is 47.9 Å². The summed E-state index contributed by atoms with van der Waals surface area (Å²) >= 11 is 1.51. The number of likely N-dealkylation sites (tertiary alicyclic amines) is 2. The summed E-state index contributed by atoms with van der Waals surface area (Å²) in [5, 5.41) is 8.73. The molecule has 17 nitrogen and oxygen atoms in total. The van der Waals surface area contributed by atoms with E-state index < -0.39 is 35.1 Å². The maximum atomic E-state index is 15.4. The van der Waals surface area contributed by atoms with Crippen LogP contribution < -0.4 is 10.7 Å². The summed E-state index contributed by atoms with van der Waals surface area (Å²) in [6, 6.07) is 7.41. The molecule has 426 valence electrons. The highest BCUT2D eigenvalue weighted by molar-refractivity contribution is 7.10. The first kappa shape index (κ1) is 53.9. The molecule has 7 saturated heterocycles. The van der Waals surface area contributed by atoms with E-state index in [2.05, 4.69) is 95.6 Å². The number of pyridine rings is 1. The lowest BCUT2D eigenvalue weighted by Crippen LogP contribution is -2.72. The third-order valence-corrected chi connectivity index (χ3v) is 20.4. The fourth-order valence-electron chi connectivity index (χ4n) is 14.5. The van der Waals surface area contributed by atoms with Gasteiger partial charge in [-0.05, 0) is 146 Å². The molecule has 1 spiro atoms. The van der Waals surface area contributed by atoms with Crippen molar-refractivity contribution in [3.63, 3.8) is 0 Å². The number of rotatable bonds is 12. The Morgan fingerprint density at radius 1 is 0.975 bits per heavy atom. The third kappa shape index (κ3) is 10.3. The standard InChI is InChI=1S/C61H82N8O9S/c1-36-41-27-61(28-41,78-36)57(72)64-51-53(67-33-60(34-67)17-23-77-60)54-63-48(32-79-54)39-10-13-49-44(25-39)46(30-58(3,4)35-75-56(71)47-9-8-18-69(65-47)55(51)70)52(68(49)21-24-74-43-16-22-76-59(5,6)29-43)45-26-40(31-62-50(45)37(2)73-7)38-14-19-66(20-15-38)42-11-12-42/h10,13,25-26,31-32,36-38,41-43,47,51,53,65H,8-9,11-12,14-24,27-30,33-35H2,1-7H3,(H,64,72)/t36-,37-,41?,43-,47-,51-,53-,61?/m0/s1. The predicted octanol–water partition coefficient (Wildman–Crippen LogP) is 8.04. The Bertz CT molecular complexity index is 2960. The zero-order chi connectivity index (χ0) is 54.6. The number of methoxy groups -OCH3 is 1. The molecule has 8 aliphatic heterocycles. The largest absolute Gasteiger partial charge is 0.464 e. The van der Waals surface area contributed by atoms with Gasteiger partial charge in [0.1, 0.15) is 22.7 Å². The van der Waals surface area contributed by atoms with Crippen LogP contribution in [0.4, 0.5) is 0 Å². The quantitative estimate of drug-likeness (QED) is 0.131. The molecule has 2 amide bonds. The van der Waals surface area contributed by atoms with Gasteiger partial charge in [-0.1, -0.05) is 19.9 Å². The molecule has 9 fully saturated rings. The molecule has 18 heteroatoms. The number of esters is 1. The summed E-state index contributed by atoms with van der Waals surface area (Å²) in [5.74, 6) is -0.308. The van der Waals surface area contributed by atoms with Gasteiger partial charge < -0.3 is 43.2 Å². The lowest BCUT2D eigenvalue weighted by Gasteiger charge is -2.58. The van der Waals surface area contributed by atoms with Crippen LogP contribution in [0.1, 0.15) is 152 Å². The summed E-state index contributed by atoms with van der Waals surface area (Å²) < 4.78 is 40.5. The molecule has 8 bridgehead atoms. The summed E-state index contributed by atoms with van der Waals surface area (Å²) in [6.45, 7) is 19.1. The number of cyclic esters (lactones) is 1. The number of amides is 2. The maximum Gasteiger partial charge on any atom is 0.324 e. The molecule has 1 aromatic carbocycles. The van der Waals surface area contributed by atoms with Gasteiger partial charge >= 0.3 is 5.97 Å². The fourth-order valence-corrected chi connectivity index (χ4v) is 15.5. The zero-order valence-corrected chi connectivity index (χ0v) is 48.3. The Labute approximate surface area is 469 Å². The molecule has 2 aliphatic carbocycles. The predicted molar refractivity (Wildman–Crippen MR) is 299 cm³/mol. The number of carbonyl (C=O) groups excluding carboxylic acids is 3. The fraction of sp³-hybridized carbons (Fsp3) is 0.689. The smallest absolute Gasteiger partial charge is 0.324 e. The molecule has 0 unspecified atom stereocenters. The Morgan fingerprint density at radius 2 is 1.77 bits per heavy atom. The van der Waals surface area contributed by atoms with E-state index in [1.165, 1.54) is 29.7 Å². The first-order chi connectivity index (χ1) is 38.0. The molecule has 11 heterocycles. The van der Waals surface area contributed by atoms with E-state index in [1.54, 1.807) is 12.1 Å². The molecule has 0 radical (unpaired) electrons. The van der Waals surface area contributed by atoms with E-state index in [1.807, 2.05) is 6.92 Å². The van der Waals surface area contributed by atoms with Crippen LogP contribution in [0.2, 0.25) is 0 Å². The van der Waals surface area contributed by atoms with Crippen LogP contribution in [0.15, 0.2) is 35.8 Å². The number of carbonyl (C=O) groups is 3. The van der Waals surface area contributed by atoms with E-state index >= 15 is 4.79 Å². The van der Waals surface area contributed by atoms with Gasteiger partial charge in [0.15, 0.2) is 0 Å². The average Bonchev–Trinajstić information content (AvgIpc) is 3.87. The van der Waals surface area contributed by atoms with E-state index in [0.29, 0.717) is 89.9 Å². The lowest BCUT2D eigenvalue weighted by atomic mass is 9.72. The van der Waals surface area contributed by atoms with Crippen molar-refractivity contribution < 1.29 is 42.8 Å². The molecular formula is C61H82N8O9S. The highest BCUT2D eigenvalue weighted by atomic mass is 32.1. The van der Waals surface area contributed by atoms with Crippen LogP contribution in [-0.2, 0) is 55.8 Å². The second-order valence-electron chi connectivity index (χ2n) is 26.3. The Morgan fingerprint density at radius 3 is 2.48 bits per heavy atom. The number of fused-ring (bicyclic) bond motifs is 7. The number of nitrogens with zero attached hydrogens (tertiary/aromatic N) is 6. The van der Waals surface area contributed by atoms with Crippen LogP contribution in [0.25, 0.3) is 33.4 Å². The van der Waals surface area contributed by atoms with Crippen molar-refractivity contribution in [2.24, 2.45) is 11.3 Å². The molecule has 79 heavy (non-hydrogen) atoms. The van der Waals surface area contributed by atoms with Crippen molar-refractivity contribution in [3.05, 3.63) is 57.7 Å². The number of ether oxygens (including phenoxy) is 6. The van der Waals surface area contributed by atoms with Crippen molar-refractivity contribution in [1.82, 2.24) is 40.1 Å². The molecule has 2 saturated carbocycles. The van der Waals surface area contributed by atoms with Crippen molar-refractivity contribution in [1.29, 1.82) is 0 Å². The second kappa shape index (κ2) is 20.8. The van der Waals surface area contributed by atoms with Gasteiger partial charge in [-0.25, -0.2) is 10.4 Å². The van der Waals surface area contributed by atoms with E-state index in [9.17, 15) is 9.59 Å². The van der Waals surface area contributed by atoms with Crippen molar-refractivity contribution >= 4 is 40.0 Å². The van der Waals surface area contributed by atoms with Gasteiger partial charge in [-0.3, -0.25) is 29.3 Å². The Hall–Kier alpha value is -4.37. The maximum absolute atomic E-state index is 15.4. The molecule has 6 atom stereocenters. The molecule has 10 aliphatic rings. The minimum absolute atomic E-state index is 0.0305. The SMILES string of the molecule is CO[C@@H](C)c1ncc(C2CCN(C3CC3)CC2)cc1-c1c2c3cc(ccc3n1CCO[C@H]1CCOC(C)(C)C1)-c1csc(n1)[C@@H](N1CC3(CCO3)C1)[C@H](NC(=O)C13CC(C1)[C@H](C)O3)C(=O)N1CCC[C@H](N1)C(=O)OCC(C)(C)C2. The zero-order valence-electron chi connectivity index (χ0n) is 47.5. The second-order valence-corrected chi connectivity index (χ2v) is 27.2. The highest BCUT2D eigenvalue weighted by Crippen LogP contribution is 2.53. The number of piperidine rings is 1. The van der Waals surface area contributed by atoms with Crippen molar-refractivity contribution in [3.8, 4) is 22.5 Å². The number of nitrogens with one attached hydrogen (secondary N) is 2. The summed E-state index contributed by atoms with van der Waals surface area (Å²) in [6.07, 6.45) is 12.2. The first-order valence-corrected chi connectivity index (χ1v) is 30.6. The third-order valence-electron chi connectivity index (χ3n) is 19.4. The van der Waals surface area contributed by atoms with Crippen LogP contribution in [0.5, 0.6) is 0 Å².